The largest absolute Gasteiger partial charge is 0.481 e. The van der Waals surface area contributed by atoms with E-state index in [2.05, 4.69) is 4.90 Å². The minimum absolute atomic E-state index is 0.227. The van der Waals surface area contributed by atoms with E-state index in [0.29, 0.717) is 13.0 Å². The standard InChI is InChI=1S/C13H24N2O3/c1-3-5-12(16)15-7-4-6-14(8-9-15)10-11(2)13(17)18/h11H,3-10H2,1-2H3,(H,17,18). The van der Waals surface area contributed by atoms with Crippen LogP contribution in [-0.2, 0) is 9.59 Å². The molecule has 0 aromatic rings. The third-order valence-electron chi connectivity index (χ3n) is 3.36. The third kappa shape index (κ3) is 4.64. The van der Waals surface area contributed by atoms with Crippen molar-refractivity contribution < 1.29 is 14.7 Å². The first kappa shape index (κ1) is 15.0. The van der Waals surface area contributed by atoms with Gasteiger partial charge in [-0.25, -0.2) is 0 Å². The Balaban J connectivity index is 2.41. The van der Waals surface area contributed by atoms with E-state index in [4.69, 9.17) is 5.11 Å². The van der Waals surface area contributed by atoms with Crippen molar-refractivity contribution in [3.63, 3.8) is 0 Å². The van der Waals surface area contributed by atoms with Gasteiger partial charge in [-0.2, -0.15) is 0 Å². The Morgan fingerprint density at radius 2 is 1.94 bits per heavy atom. The average Bonchev–Trinajstić information content (AvgIpc) is 2.55. The van der Waals surface area contributed by atoms with Gasteiger partial charge in [0.15, 0.2) is 0 Å². The molecule has 1 fully saturated rings. The maximum absolute atomic E-state index is 11.8. The normalized spacial score (nSPS) is 19.3. The number of hydrogen-bond acceptors (Lipinski definition) is 3. The third-order valence-corrected chi connectivity index (χ3v) is 3.36. The summed E-state index contributed by atoms with van der Waals surface area (Å²) >= 11 is 0. The number of carboxylic acid groups (broad SMARTS) is 1. The maximum Gasteiger partial charge on any atom is 0.307 e. The molecule has 1 unspecified atom stereocenters. The Kier molecular flexibility index (Phi) is 6.12. The van der Waals surface area contributed by atoms with Crippen molar-refractivity contribution in [1.82, 2.24) is 9.80 Å². The van der Waals surface area contributed by atoms with Gasteiger partial charge in [-0.15, -0.1) is 0 Å². The minimum atomic E-state index is -0.752. The summed E-state index contributed by atoms with van der Waals surface area (Å²) in [6.45, 7) is 7.51. The first-order valence-electron chi connectivity index (χ1n) is 6.77. The second kappa shape index (κ2) is 7.36. The van der Waals surface area contributed by atoms with Crippen molar-refractivity contribution in [2.75, 3.05) is 32.7 Å². The fraction of sp³-hybridized carbons (Fsp3) is 0.846. The Morgan fingerprint density at radius 1 is 1.22 bits per heavy atom. The molecule has 1 amide bonds. The van der Waals surface area contributed by atoms with Gasteiger partial charge in [0.05, 0.1) is 5.92 Å². The smallest absolute Gasteiger partial charge is 0.307 e. The minimum Gasteiger partial charge on any atom is -0.481 e. The van der Waals surface area contributed by atoms with E-state index in [9.17, 15) is 9.59 Å². The first-order chi connectivity index (χ1) is 8.54. The molecule has 0 aromatic carbocycles. The SMILES string of the molecule is CCCC(=O)N1CCCN(CC(C)C(=O)O)CC1. The summed E-state index contributed by atoms with van der Waals surface area (Å²) in [5.74, 6) is -0.869. The summed E-state index contributed by atoms with van der Waals surface area (Å²) < 4.78 is 0. The predicted octanol–water partition coefficient (Wildman–Crippen LogP) is 1.04. The lowest BCUT2D eigenvalue weighted by Crippen LogP contribution is -2.37. The fourth-order valence-corrected chi connectivity index (χ4v) is 2.24. The molecule has 0 spiro atoms. The van der Waals surface area contributed by atoms with Crippen LogP contribution in [0.5, 0.6) is 0 Å². The topological polar surface area (TPSA) is 60.9 Å². The first-order valence-corrected chi connectivity index (χ1v) is 6.77. The molecule has 1 saturated heterocycles. The highest BCUT2D eigenvalue weighted by Gasteiger charge is 2.21. The Bertz CT molecular complexity index is 294. The van der Waals surface area contributed by atoms with Crippen LogP contribution in [0.3, 0.4) is 0 Å². The van der Waals surface area contributed by atoms with Gasteiger partial charge < -0.3 is 14.9 Å². The van der Waals surface area contributed by atoms with Crippen LogP contribution in [0.2, 0.25) is 0 Å². The zero-order chi connectivity index (χ0) is 13.5. The predicted molar refractivity (Wildman–Crippen MR) is 69.3 cm³/mol. The van der Waals surface area contributed by atoms with Gasteiger partial charge in [-0.3, -0.25) is 9.59 Å². The molecule has 1 aliphatic heterocycles. The molecule has 0 bridgehead atoms. The van der Waals surface area contributed by atoms with E-state index < -0.39 is 5.97 Å². The molecule has 5 nitrogen and oxygen atoms in total. The van der Waals surface area contributed by atoms with Gasteiger partial charge in [0.1, 0.15) is 0 Å². The van der Waals surface area contributed by atoms with Crippen LogP contribution >= 0.6 is 0 Å². The van der Waals surface area contributed by atoms with Crippen molar-refractivity contribution in [3.05, 3.63) is 0 Å². The van der Waals surface area contributed by atoms with E-state index in [-0.39, 0.29) is 11.8 Å². The molecule has 0 radical (unpaired) electrons. The average molecular weight is 256 g/mol. The highest BCUT2D eigenvalue weighted by atomic mass is 16.4. The number of amides is 1. The monoisotopic (exact) mass is 256 g/mol. The number of hydrogen-bond donors (Lipinski definition) is 1. The number of rotatable bonds is 5. The summed E-state index contributed by atoms with van der Waals surface area (Å²) in [6, 6.07) is 0. The molecule has 1 atom stereocenters. The lowest BCUT2D eigenvalue weighted by molar-refractivity contribution is -0.141. The van der Waals surface area contributed by atoms with E-state index in [1.807, 2.05) is 11.8 Å². The van der Waals surface area contributed by atoms with Crippen LogP contribution in [0.15, 0.2) is 0 Å². The Morgan fingerprint density at radius 3 is 2.56 bits per heavy atom. The molecule has 104 valence electrons. The highest BCUT2D eigenvalue weighted by Crippen LogP contribution is 2.08. The molecule has 0 saturated carbocycles. The molecular weight excluding hydrogens is 232 g/mol. The molecule has 18 heavy (non-hydrogen) atoms. The second-order valence-electron chi connectivity index (χ2n) is 5.02. The highest BCUT2D eigenvalue weighted by molar-refractivity contribution is 5.76. The molecular formula is C13H24N2O3. The Hall–Kier alpha value is -1.10. The van der Waals surface area contributed by atoms with Crippen LogP contribution in [0.1, 0.15) is 33.1 Å². The quantitative estimate of drug-likeness (QED) is 0.798. The van der Waals surface area contributed by atoms with E-state index in [1.54, 1.807) is 6.92 Å². The number of carbonyl (C=O) groups is 2. The summed E-state index contributed by atoms with van der Waals surface area (Å²) in [6.07, 6.45) is 2.43. The van der Waals surface area contributed by atoms with Crippen LogP contribution in [-0.4, -0.2) is 59.5 Å². The van der Waals surface area contributed by atoms with Crippen LogP contribution in [0.4, 0.5) is 0 Å². The van der Waals surface area contributed by atoms with Crippen LogP contribution in [0.25, 0.3) is 0 Å². The maximum atomic E-state index is 11.8. The molecule has 1 N–H and O–H groups in total. The van der Waals surface area contributed by atoms with E-state index in [0.717, 1.165) is 39.0 Å². The summed E-state index contributed by atoms with van der Waals surface area (Å²) in [5.41, 5.74) is 0. The number of nitrogens with zero attached hydrogens (tertiary/aromatic N) is 2. The van der Waals surface area contributed by atoms with Crippen molar-refractivity contribution in [1.29, 1.82) is 0 Å². The van der Waals surface area contributed by atoms with Crippen molar-refractivity contribution in [2.24, 2.45) is 5.92 Å². The summed E-state index contributed by atoms with van der Waals surface area (Å²) in [5, 5.41) is 8.90. The number of aliphatic carboxylic acids is 1. The van der Waals surface area contributed by atoms with Gasteiger partial charge in [-0.05, 0) is 19.4 Å². The lowest BCUT2D eigenvalue weighted by Gasteiger charge is -2.23. The molecule has 0 aliphatic carbocycles. The zero-order valence-electron chi connectivity index (χ0n) is 11.4. The zero-order valence-corrected chi connectivity index (χ0v) is 11.4. The molecule has 1 aliphatic rings. The van der Waals surface area contributed by atoms with E-state index in [1.165, 1.54) is 0 Å². The van der Waals surface area contributed by atoms with Gasteiger partial charge in [0.2, 0.25) is 5.91 Å². The van der Waals surface area contributed by atoms with Crippen LogP contribution in [0, 0.1) is 5.92 Å². The lowest BCUT2D eigenvalue weighted by atomic mass is 10.1. The molecule has 1 heterocycles. The van der Waals surface area contributed by atoms with Crippen molar-refractivity contribution in [2.45, 2.75) is 33.1 Å². The van der Waals surface area contributed by atoms with Gasteiger partial charge in [0.25, 0.3) is 0 Å². The van der Waals surface area contributed by atoms with Crippen molar-refractivity contribution >= 4 is 11.9 Å². The van der Waals surface area contributed by atoms with Gasteiger partial charge >= 0.3 is 5.97 Å². The molecule has 0 aromatic heterocycles. The summed E-state index contributed by atoms with van der Waals surface area (Å²) in [4.78, 5) is 26.7. The van der Waals surface area contributed by atoms with Crippen LogP contribution < -0.4 is 0 Å². The summed E-state index contributed by atoms with van der Waals surface area (Å²) in [7, 11) is 0. The van der Waals surface area contributed by atoms with Gasteiger partial charge in [0, 0.05) is 32.6 Å². The van der Waals surface area contributed by atoms with Crippen molar-refractivity contribution in [3.8, 4) is 0 Å². The molecule has 1 rings (SSSR count). The number of carbonyl (C=O) groups excluding carboxylic acids is 1. The fourth-order valence-electron chi connectivity index (χ4n) is 2.24. The Labute approximate surface area is 109 Å². The van der Waals surface area contributed by atoms with E-state index >= 15 is 0 Å². The second-order valence-corrected chi connectivity index (χ2v) is 5.02. The number of carboxylic acids is 1. The molecule has 5 heteroatoms. The van der Waals surface area contributed by atoms with Gasteiger partial charge in [-0.1, -0.05) is 13.8 Å².